The molecule has 2 N–H and O–H groups in total. The van der Waals surface area contributed by atoms with E-state index in [0.717, 1.165) is 44.9 Å². The molecule has 0 unspecified atom stereocenters. The minimum absolute atomic E-state index is 0.216. The van der Waals surface area contributed by atoms with Crippen LogP contribution in [0.4, 0.5) is 0 Å². The van der Waals surface area contributed by atoms with Crippen LogP contribution < -0.4 is 5.73 Å². The maximum atomic E-state index is 11.7. The number of ketones is 1. The van der Waals surface area contributed by atoms with Crippen molar-refractivity contribution in [3.63, 3.8) is 0 Å². The third-order valence-electron chi connectivity index (χ3n) is 3.27. The van der Waals surface area contributed by atoms with Crippen LogP contribution in [-0.4, -0.2) is 12.3 Å². The molecule has 0 aliphatic carbocycles. The number of Topliss-reactive ketones (excluding diaryl/α,β-unsaturated/α-hetero) is 1. The molecule has 0 saturated carbocycles. The van der Waals surface area contributed by atoms with Crippen molar-refractivity contribution >= 4 is 5.78 Å². The minimum atomic E-state index is 0.216. The first-order valence-corrected chi connectivity index (χ1v) is 6.84. The molecule has 0 rings (SSSR count). The first kappa shape index (κ1) is 16.4. The third kappa shape index (κ3) is 10.3. The molecule has 0 saturated heterocycles. The zero-order valence-electron chi connectivity index (χ0n) is 11.6. The predicted molar refractivity (Wildman–Crippen MR) is 75.0 cm³/mol. The summed E-state index contributed by atoms with van der Waals surface area (Å²) in [6, 6.07) is 0. The van der Waals surface area contributed by atoms with Crippen LogP contribution in [0.3, 0.4) is 0 Å². The van der Waals surface area contributed by atoms with Crippen LogP contribution >= 0.6 is 0 Å². The average molecular weight is 239 g/mol. The molecular formula is C15H29NO. The van der Waals surface area contributed by atoms with Gasteiger partial charge in [-0.3, -0.25) is 4.79 Å². The van der Waals surface area contributed by atoms with Crippen LogP contribution in [0.2, 0.25) is 0 Å². The Hall–Kier alpha value is -0.630. The number of hydrogen-bond donors (Lipinski definition) is 1. The number of nitrogens with two attached hydrogens (primary N) is 1. The van der Waals surface area contributed by atoms with E-state index in [-0.39, 0.29) is 5.41 Å². The van der Waals surface area contributed by atoms with E-state index in [0.29, 0.717) is 18.7 Å². The summed E-state index contributed by atoms with van der Waals surface area (Å²) in [5.74, 6) is 0.411. The first-order valence-electron chi connectivity index (χ1n) is 6.84. The lowest BCUT2D eigenvalue weighted by molar-refractivity contribution is -0.119. The topological polar surface area (TPSA) is 43.1 Å². The van der Waals surface area contributed by atoms with Crippen molar-refractivity contribution in [1.29, 1.82) is 0 Å². The van der Waals surface area contributed by atoms with Crippen molar-refractivity contribution in [3.05, 3.63) is 12.7 Å². The Morgan fingerprint density at radius 1 is 1.18 bits per heavy atom. The van der Waals surface area contributed by atoms with Crippen molar-refractivity contribution in [1.82, 2.24) is 0 Å². The molecule has 0 aliphatic heterocycles. The molecule has 0 aromatic heterocycles. The summed E-state index contributed by atoms with van der Waals surface area (Å²) in [4.78, 5) is 11.7. The summed E-state index contributed by atoms with van der Waals surface area (Å²) in [6.07, 6.45) is 9.78. The molecule has 0 bridgehead atoms. The summed E-state index contributed by atoms with van der Waals surface area (Å²) < 4.78 is 0. The van der Waals surface area contributed by atoms with E-state index in [1.807, 2.05) is 6.08 Å². The Balaban J connectivity index is 3.55. The van der Waals surface area contributed by atoms with Gasteiger partial charge < -0.3 is 5.73 Å². The summed E-state index contributed by atoms with van der Waals surface area (Å²) in [7, 11) is 0. The van der Waals surface area contributed by atoms with Gasteiger partial charge in [-0.1, -0.05) is 26.3 Å². The van der Waals surface area contributed by atoms with Gasteiger partial charge in [0.25, 0.3) is 0 Å². The highest BCUT2D eigenvalue weighted by atomic mass is 16.1. The van der Waals surface area contributed by atoms with Crippen molar-refractivity contribution in [2.75, 3.05) is 6.54 Å². The highest BCUT2D eigenvalue weighted by Crippen LogP contribution is 2.26. The number of carbonyl (C=O) groups excluding carboxylic acids is 1. The molecule has 0 aliphatic rings. The number of rotatable bonds is 11. The molecule has 0 fully saturated rings. The summed E-state index contributed by atoms with van der Waals surface area (Å²) in [5.41, 5.74) is 5.77. The van der Waals surface area contributed by atoms with Crippen LogP contribution in [0.15, 0.2) is 12.7 Å². The number of allylic oxidation sites excluding steroid dienone is 1. The van der Waals surface area contributed by atoms with Gasteiger partial charge in [0.1, 0.15) is 5.78 Å². The Labute approximate surface area is 107 Å². The van der Waals surface area contributed by atoms with Crippen LogP contribution in [-0.2, 0) is 4.79 Å². The second-order valence-electron chi connectivity index (χ2n) is 5.63. The summed E-state index contributed by atoms with van der Waals surface area (Å²) >= 11 is 0. The monoisotopic (exact) mass is 239 g/mol. The van der Waals surface area contributed by atoms with Gasteiger partial charge in [-0.05, 0) is 44.1 Å². The predicted octanol–water partition coefficient (Wildman–Crippen LogP) is 3.85. The van der Waals surface area contributed by atoms with Gasteiger partial charge in [-0.25, -0.2) is 0 Å². The van der Waals surface area contributed by atoms with Gasteiger partial charge in [0.15, 0.2) is 0 Å². The molecule has 0 aromatic carbocycles. The van der Waals surface area contributed by atoms with Gasteiger partial charge in [0.05, 0.1) is 0 Å². The molecule has 0 atom stereocenters. The van der Waals surface area contributed by atoms with Gasteiger partial charge in [0.2, 0.25) is 0 Å². The largest absolute Gasteiger partial charge is 0.330 e. The van der Waals surface area contributed by atoms with E-state index in [9.17, 15) is 4.79 Å². The van der Waals surface area contributed by atoms with Crippen LogP contribution in [0, 0.1) is 5.41 Å². The van der Waals surface area contributed by atoms with Crippen molar-refractivity contribution in [2.24, 2.45) is 11.1 Å². The highest BCUT2D eigenvalue weighted by Gasteiger charge is 2.17. The van der Waals surface area contributed by atoms with E-state index in [4.69, 9.17) is 5.73 Å². The Kier molecular flexibility index (Phi) is 9.06. The number of unbranched alkanes of at least 4 members (excludes halogenated alkanes) is 3. The molecule has 0 spiro atoms. The van der Waals surface area contributed by atoms with E-state index in [1.54, 1.807) is 0 Å². The van der Waals surface area contributed by atoms with Crippen molar-refractivity contribution in [2.45, 2.75) is 65.2 Å². The molecule has 0 heterocycles. The van der Waals surface area contributed by atoms with E-state index in [1.165, 1.54) is 0 Å². The minimum Gasteiger partial charge on any atom is -0.330 e. The van der Waals surface area contributed by atoms with Crippen LogP contribution in [0.1, 0.15) is 65.2 Å². The molecule has 17 heavy (non-hydrogen) atoms. The van der Waals surface area contributed by atoms with Crippen molar-refractivity contribution in [3.8, 4) is 0 Å². The fourth-order valence-electron chi connectivity index (χ4n) is 1.91. The first-order chi connectivity index (χ1) is 8.02. The molecule has 2 nitrogen and oxygen atoms in total. The maximum absolute atomic E-state index is 11.7. The Bertz CT molecular complexity index is 221. The number of hydrogen-bond acceptors (Lipinski definition) is 2. The van der Waals surface area contributed by atoms with E-state index in [2.05, 4.69) is 20.4 Å². The maximum Gasteiger partial charge on any atom is 0.132 e. The standard InChI is InChI=1S/C15H29NO/c1-4-5-6-7-8-9-14(17)10-11-15(2,3)12-13-16/h4H,1,5-13,16H2,2-3H3. The second kappa shape index (κ2) is 9.41. The normalized spacial score (nSPS) is 11.5. The molecule has 0 aromatic rings. The van der Waals surface area contributed by atoms with E-state index < -0.39 is 0 Å². The lowest BCUT2D eigenvalue weighted by atomic mass is 9.83. The highest BCUT2D eigenvalue weighted by molar-refractivity contribution is 5.78. The van der Waals surface area contributed by atoms with E-state index >= 15 is 0 Å². The van der Waals surface area contributed by atoms with Gasteiger partial charge >= 0.3 is 0 Å². The lowest BCUT2D eigenvalue weighted by Crippen LogP contribution is -2.18. The van der Waals surface area contributed by atoms with Gasteiger partial charge in [-0.2, -0.15) is 0 Å². The smallest absolute Gasteiger partial charge is 0.132 e. The van der Waals surface area contributed by atoms with Gasteiger partial charge in [0, 0.05) is 12.8 Å². The second-order valence-corrected chi connectivity index (χ2v) is 5.63. The van der Waals surface area contributed by atoms with Gasteiger partial charge in [-0.15, -0.1) is 6.58 Å². The third-order valence-corrected chi connectivity index (χ3v) is 3.27. The fraction of sp³-hybridized carbons (Fsp3) is 0.800. The summed E-state index contributed by atoms with van der Waals surface area (Å²) in [5, 5.41) is 0. The quantitative estimate of drug-likeness (QED) is 0.439. The van der Waals surface area contributed by atoms with Crippen molar-refractivity contribution < 1.29 is 4.79 Å². The van der Waals surface area contributed by atoms with Crippen LogP contribution in [0.25, 0.3) is 0 Å². The number of carbonyl (C=O) groups is 1. The average Bonchev–Trinajstić information content (AvgIpc) is 2.26. The molecule has 0 amide bonds. The summed E-state index contributed by atoms with van der Waals surface area (Å²) in [6.45, 7) is 8.78. The molecular weight excluding hydrogens is 210 g/mol. The Morgan fingerprint density at radius 2 is 1.88 bits per heavy atom. The lowest BCUT2D eigenvalue weighted by Gasteiger charge is -2.23. The molecule has 100 valence electrons. The zero-order chi connectivity index (χ0) is 13.1. The Morgan fingerprint density at radius 3 is 2.47 bits per heavy atom. The molecule has 0 radical (unpaired) electrons. The van der Waals surface area contributed by atoms with Crippen LogP contribution in [0.5, 0.6) is 0 Å². The fourth-order valence-corrected chi connectivity index (χ4v) is 1.91. The SMILES string of the molecule is C=CCCCCCC(=O)CCC(C)(C)CCN. The molecule has 2 heteroatoms. The zero-order valence-corrected chi connectivity index (χ0v) is 11.6.